The molecule has 4 rings (SSSR count). The molecule has 3 aromatic carbocycles. The lowest BCUT2D eigenvalue weighted by Gasteiger charge is -2.41. The minimum absolute atomic E-state index is 0.0114. The molecule has 0 spiro atoms. The molecule has 40 heavy (non-hydrogen) atoms. The summed E-state index contributed by atoms with van der Waals surface area (Å²) in [6.45, 7) is 4.22. The van der Waals surface area contributed by atoms with Crippen LogP contribution < -0.4 is 10.5 Å². The SMILES string of the molecule is COc1cccc(C(=O)C(=N)CC(C)(CCN2CCC(C(N)=O)(c3ccccc3)CC2)c2ccc(Cl)c(Cl)c2)c1. The number of methoxy groups -OCH3 is 1. The maximum atomic E-state index is 13.2. The maximum Gasteiger partial charge on any atom is 0.228 e. The van der Waals surface area contributed by atoms with Crippen molar-refractivity contribution in [2.24, 2.45) is 5.73 Å². The third kappa shape index (κ3) is 6.41. The summed E-state index contributed by atoms with van der Waals surface area (Å²) in [4.78, 5) is 28.2. The quantitative estimate of drug-likeness (QED) is 0.201. The first-order valence-electron chi connectivity index (χ1n) is 13.4. The molecule has 1 saturated heterocycles. The van der Waals surface area contributed by atoms with Gasteiger partial charge in [-0.25, -0.2) is 0 Å². The number of nitrogens with one attached hydrogen (secondary N) is 1. The predicted octanol–water partition coefficient (Wildman–Crippen LogP) is 6.46. The lowest BCUT2D eigenvalue weighted by atomic mass is 9.71. The molecular weight excluding hydrogens is 545 g/mol. The number of halogens is 2. The molecular formula is C32H35Cl2N3O3. The van der Waals surface area contributed by atoms with Crippen LogP contribution in [0, 0.1) is 5.41 Å². The number of Topliss-reactive ketones (excluding diaryl/α,β-unsaturated/α-hetero) is 1. The summed E-state index contributed by atoms with van der Waals surface area (Å²) in [5.74, 6) is -0.0562. The highest BCUT2D eigenvalue weighted by Crippen LogP contribution is 2.38. The van der Waals surface area contributed by atoms with Crippen molar-refractivity contribution in [2.75, 3.05) is 26.7 Å². The summed E-state index contributed by atoms with van der Waals surface area (Å²) >= 11 is 12.6. The molecule has 1 heterocycles. The molecule has 8 heteroatoms. The molecule has 0 radical (unpaired) electrons. The van der Waals surface area contributed by atoms with E-state index in [1.54, 1.807) is 37.4 Å². The van der Waals surface area contributed by atoms with Crippen LogP contribution in [0.4, 0.5) is 0 Å². The molecule has 1 atom stereocenters. The molecule has 0 bridgehead atoms. The molecule has 0 aliphatic carbocycles. The fourth-order valence-corrected chi connectivity index (χ4v) is 5.91. The first-order valence-corrected chi connectivity index (χ1v) is 14.1. The average Bonchev–Trinajstić information content (AvgIpc) is 2.97. The Hall–Kier alpha value is -3.19. The van der Waals surface area contributed by atoms with Gasteiger partial charge in [0.2, 0.25) is 11.7 Å². The highest BCUT2D eigenvalue weighted by Gasteiger charge is 2.42. The lowest BCUT2D eigenvalue weighted by Crippen LogP contribution is -2.50. The Morgan fingerprint density at radius 3 is 2.33 bits per heavy atom. The lowest BCUT2D eigenvalue weighted by molar-refractivity contribution is -0.125. The van der Waals surface area contributed by atoms with Crippen LogP contribution in [0.5, 0.6) is 5.75 Å². The van der Waals surface area contributed by atoms with E-state index in [1.807, 2.05) is 42.5 Å². The summed E-state index contributed by atoms with van der Waals surface area (Å²) < 4.78 is 5.26. The number of hydrogen-bond donors (Lipinski definition) is 2. The van der Waals surface area contributed by atoms with E-state index in [1.165, 1.54) is 0 Å². The van der Waals surface area contributed by atoms with Gasteiger partial charge < -0.3 is 20.8 Å². The first kappa shape index (κ1) is 29.8. The number of rotatable bonds is 11. The van der Waals surface area contributed by atoms with Crippen LogP contribution in [0.1, 0.15) is 54.1 Å². The molecule has 3 N–H and O–H groups in total. The fourth-order valence-electron chi connectivity index (χ4n) is 5.61. The third-order valence-corrected chi connectivity index (χ3v) is 9.02. The van der Waals surface area contributed by atoms with E-state index in [2.05, 4.69) is 11.8 Å². The zero-order valence-electron chi connectivity index (χ0n) is 22.9. The number of ether oxygens (including phenoxy) is 1. The van der Waals surface area contributed by atoms with Gasteiger partial charge in [-0.15, -0.1) is 0 Å². The second kappa shape index (κ2) is 12.5. The number of likely N-dealkylation sites (tertiary alicyclic amines) is 1. The number of carbonyl (C=O) groups excluding carboxylic acids is 2. The van der Waals surface area contributed by atoms with Gasteiger partial charge in [0.25, 0.3) is 0 Å². The van der Waals surface area contributed by atoms with Crippen molar-refractivity contribution in [3.8, 4) is 5.75 Å². The number of primary amides is 1. The number of nitrogens with zero attached hydrogens (tertiary/aromatic N) is 1. The standard InChI is InChI=1S/C32H35Cl2N3O3/c1-31(24-11-12-26(33)27(34)20-24,21-28(35)29(38)22-7-6-10-25(19-22)40-2)13-16-37-17-14-32(15-18-37,30(36)39)23-8-4-3-5-9-23/h3-12,19-20,35H,13-18,21H2,1-2H3,(H2,36,39). The van der Waals surface area contributed by atoms with Crippen LogP contribution in [-0.4, -0.2) is 49.0 Å². The van der Waals surface area contributed by atoms with Crippen molar-refractivity contribution in [1.82, 2.24) is 4.90 Å². The highest BCUT2D eigenvalue weighted by atomic mass is 35.5. The Morgan fingerprint density at radius 2 is 1.70 bits per heavy atom. The molecule has 1 amide bonds. The molecule has 210 valence electrons. The van der Waals surface area contributed by atoms with Crippen molar-refractivity contribution in [3.05, 3.63) is 99.5 Å². The number of amides is 1. The number of nitrogens with two attached hydrogens (primary N) is 1. The van der Waals surface area contributed by atoms with E-state index < -0.39 is 10.8 Å². The van der Waals surface area contributed by atoms with Gasteiger partial charge >= 0.3 is 0 Å². The Morgan fingerprint density at radius 1 is 1.00 bits per heavy atom. The minimum atomic E-state index is -0.671. The molecule has 1 aliphatic heterocycles. The Bertz CT molecular complexity index is 1390. The second-order valence-electron chi connectivity index (χ2n) is 10.8. The van der Waals surface area contributed by atoms with E-state index in [9.17, 15) is 9.59 Å². The maximum absolute atomic E-state index is 13.2. The largest absolute Gasteiger partial charge is 0.497 e. The Kier molecular flexibility index (Phi) is 9.34. The molecule has 1 unspecified atom stereocenters. The van der Waals surface area contributed by atoms with Gasteiger partial charge in [-0.3, -0.25) is 9.59 Å². The summed E-state index contributed by atoms with van der Waals surface area (Å²) in [6, 6.07) is 22.1. The zero-order chi connectivity index (χ0) is 28.9. The van der Waals surface area contributed by atoms with Gasteiger partial charge in [-0.05, 0) is 79.7 Å². The van der Waals surface area contributed by atoms with Crippen molar-refractivity contribution >= 4 is 40.6 Å². The van der Waals surface area contributed by atoms with Gasteiger partial charge in [-0.2, -0.15) is 0 Å². The van der Waals surface area contributed by atoms with E-state index in [0.717, 1.165) is 30.8 Å². The van der Waals surface area contributed by atoms with Crippen LogP contribution in [-0.2, 0) is 15.6 Å². The van der Waals surface area contributed by atoms with Crippen molar-refractivity contribution in [1.29, 1.82) is 5.41 Å². The average molecular weight is 581 g/mol. The fraction of sp³-hybridized carbons (Fsp3) is 0.344. The van der Waals surface area contributed by atoms with Gasteiger partial charge in [0.1, 0.15) is 5.75 Å². The number of benzene rings is 3. The number of carbonyl (C=O) groups is 2. The Labute approximate surface area is 245 Å². The Balaban J connectivity index is 1.52. The van der Waals surface area contributed by atoms with Crippen molar-refractivity contribution in [2.45, 2.75) is 43.4 Å². The normalized spacial score (nSPS) is 16.6. The summed E-state index contributed by atoms with van der Waals surface area (Å²) in [5, 5.41) is 9.65. The second-order valence-corrected chi connectivity index (χ2v) is 11.6. The van der Waals surface area contributed by atoms with Gasteiger partial charge in [0.15, 0.2) is 0 Å². The van der Waals surface area contributed by atoms with E-state index >= 15 is 0 Å². The van der Waals surface area contributed by atoms with Crippen molar-refractivity contribution in [3.63, 3.8) is 0 Å². The van der Waals surface area contributed by atoms with Crippen LogP contribution in [0.3, 0.4) is 0 Å². The molecule has 6 nitrogen and oxygen atoms in total. The van der Waals surface area contributed by atoms with E-state index in [-0.39, 0.29) is 23.8 Å². The summed E-state index contributed by atoms with van der Waals surface area (Å²) in [7, 11) is 1.55. The molecule has 0 saturated carbocycles. The highest BCUT2D eigenvalue weighted by molar-refractivity contribution is 6.45. The minimum Gasteiger partial charge on any atom is -0.497 e. The van der Waals surface area contributed by atoms with Crippen molar-refractivity contribution < 1.29 is 14.3 Å². The van der Waals surface area contributed by atoms with E-state index in [4.69, 9.17) is 39.1 Å². The van der Waals surface area contributed by atoms with Crippen LogP contribution >= 0.6 is 23.2 Å². The molecule has 1 aliphatic rings. The molecule has 1 fully saturated rings. The van der Waals surface area contributed by atoms with Crippen LogP contribution in [0.15, 0.2) is 72.8 Å². The number of hydrogen-bond acceptors (Lipinski definition) is 5. The molecule has 0 aromatic heterocycles. The van der Waals surface area contributed by atoms with Gasteiger partial charge in [0, 0.05) is 12.0 Å². The van der Waals surface area contributed by atoms with Gasteiger partial charge in [0.05, 0.1) is 28.3 Å². The monoisotopic (exact) mass is 579 g/mol. The smallest absolute Gasteiger partial charge is 0.228 e. The summed E-state index contributed by atoms with van der Waals surface area (Å²) in [6.07, 6.45) is 2.18. The van der Waals surface area contributed by atoms with E-state index in [0.29, 0.717) is 40.6 Å². The topological polar surface area (TPSA) is 96.5 Å². The molecule has 3 aromatic rings. The van der Waals surface area contributed by atoms with Crippen LogP contribution in [0.25, 0.3) is 0 Å². The third-order valence-electron chi connectivity index (χ3n) is 8.28. The summed E-state index contributed by atoms with van der Waals surface area (Å²) in [5.41, 5.74) is 7.01. The predicted molar refractivity (Wildman–Crippen MR) is 161 cm³/mol. The zero-order valence-corrected chi connectivity index (χ0v) is 24.4. The number of piperidine rings is 1. The van der Waals surface area contributed by atoms with Gasteiger partial charge in [-0.1, -0.05) is 78.7 Å². The van der Waals surface area contributed by atoms with Crippen LogP contribution in [0.2, 0.25) is 10.0 Å². The first-order chi connectivity index (χ1) is 19.1. The number of ketones is 1.